The van der Waals surface area contributed by atoms with Crippen LogP contribution in [0.15, 0.2) is 36.4 Å². The van der Waals surface area contributed by atoms with Gasteiger partial charge in [-0.1, -0.05) is 24.3 Å². The summed E-state index contributed by atoms with van der Waals surface area (Å²) >= 11 is 0. The van der Waals surface area contributed by atoms with E-state index in [9.17, 15) is 0 Å². The van der Waals surface area contributed by atoms with Crippen LogP contribution in [0, 0.1) is 13.8 Å². The van der Waals surface area contributed by atoms with Crippen molar-refractivity contribution in [3.63, 3.8) is 0 Å². The van der Waals surface area contributed by atoms with Crippen LogP contribution in [0.1, 0.15) is 40.8 Å². The van der Waals surface area contributed by atoms with Gasteiger partial charge < -0.3 is 15.2 Å². The molecule has 0 aromatic heterocycles. The highest BCUT2D eigenvalue weighted by atomic mass is 16.5. The van der Waals surface area contributed by atoms with Gasteiger partial charge in [-0.25, -0.2) is 0 Å². The summed E-state index contributed by atoms with van der Waals surface area (Å²) in [5.41, 5.74) is 11.2. The number of aryl methyl sites for hydroxylation is 1. The number of hydrogen-bond donors (Lipinski definition) is 1. The van der Waals surface area contributed by atoms with E-state index >= 15 is 0 Å². The molecule has 0 radical (unpaired) electrons. The number of nitrogens with two attached hydrogens (primary N) is 1. The molecule has 3 rings (SSSR count). The van der Waals surface area contributed by atoms with Crippen LogP contribution in [-0.4, -0.2) is 7.11 Å². The van der Waals surface area contributed by atoms with Crippen molar-refractivity contribution in [1.82, 2.24) is 0 Å². The summed E-state index contributed by atoms with van der Waals surface area (Å²) in [7, 11) is 1.66. The molecule has 110 valence electrons. The van der Waals surface area contributed by atoms with Gasteiger partial charge in [-0.15, -0.1) is 0 Å². The average Bonchev–Trinajstić information content (AvgIpc) is 2.49. The van der Waals surface area contributed by atoms with Crippen LogP contribution in [0.25, 0.3) is 0 Å². The molecule has 21 heavy (non-hydrogen) atoms. The SMILES string of the molecule is COc1ccc2c(c1)OC(c1cccc(C)c1C)C[C@@H]2N. The maximum atomic E-state index is 6.33. The van der Waals surface area contributed by atoms with Crippen molar-refractivity contribution in [3.8, 4) is 11.5 Å². The number of rotatable bonds is 2. The summed E-state index contributed by atoms with van der Waals surface area (Å²) in [5, 5.41) is 0. The fourth-order valence-corrected chi connectivity index (χ4v) is 2.92. The van der Waals surface area contributed by atoms with Crippen molar-refractivity contribution in [1.29, 1.82) is 0 Å². The quantitative estimate of drug-likeness (QED) is 0.911. The molecule has 2 atom stereocenters. The van der Waals surface area contributed by atoms with E-state index in [1.165, 1.54) is 16.7 Å². The minimum Gasteiger partial charge on any atom is -0.497 e. The lowest BCUT2D eigenvalue weighted by Crippen LogP contribution is -2.24. The first-order chi connectivity index (χ1) is 10.1. The third-order valence-corrected chi connectivity index (χ3v) is 4.35. The lowest BCUT2D eigenvalue weighted by atomic mass is 9.90. The monoisotopic (exact) mass is 283 g/mol. The van der Waals surface area contributed by atoms with Gasteiger partial charge in [0.1, 0.15) is 17.6 Å². The Morgan fingerprint density at radius 1 is 1.14 bits per heavy atom. The van der Waals surface area contributed by atoms with Gasteiger partial charge in [-0.2, -0.15) is 0 Å². The molecule has 0 saturated carbocycles. The number of ether oxygens (including phenoxy) is 2. The molecule has 2 N–H and O–H groups in total. The first-order valence-electron chi connectivity index (χ1n) is 7.26. The van der Waals surface area contributed by atoms with E-state index in [-0.39, 0.29) is 12.1 Å². The fraction of sp³-hybridized carbons (Fsp3) is 0.333. The van der Waals surface area contributed by atoms with Gasteiger partial charge in [-0.05, 0) is 36.6 Å². The molecule has 0 fully saturated rings. The molecule has 0 bridgehead atoms. The molecule has 0 spiro atoms. The summed E-state index contributed by atoms with van der Waals surface area (Å²) in [6.45, 7) is 4.26. The van der Waals surface area contributed by atoms with Crippen molar-refractivity contribution in [2.75, 3.05) is 7.11 Å². The predicted molar refractivity (Wildman–Crippen MR) is 83.8 cm³/mol. The zero-order chi connectivity index (χ0) is 15.0. The van der Waals surface area contributed by atoms with Crippen LogP contribution >= 0.6 is 0 Å². The number of fused-ring (bicyclic) bond motifs is 1. The maximum Gasteiger partial charge on any atom is 0.128 e. The zero-order valence-corrected chi connectivity index (χ0v) is 12.7. The second-order valence-corrected chi connectivity index (χ2v) is 5.64. The predicted octanol–water partition coefficient (Wildman–Crippen LogP) is 3.84. The minimum absolute atomic E-state index is 0.000457. The summed E-state index contributed by atoms with van der Waals surface area (Å²) in [4.78, 5) is 0. The second kappa shape index (κ2) is 5.41. The smallest absolute Gasteiger partial charge is 0.128 e. The van der Waals surface area contributed by atoms with Crippen LogP contribution in [-0.2, 0) is 0 Å². The molecule has 1 aliphatic rings. The van der Waals surface area contributed by atoms with E-state index in [0.717, 1.165) is 23.5 Å². The third kappa shape index (κ3) is 2.49. The molecule has 0 amide bonds. The van der Waals surface area contributed by atoms with Crippen LogP contribution in [0.4, 0.5) is 0 Å². The number of benzene rings is 2. The first kappa shape index (κ1) is 14.0. The summed E-state index contributed by atoms with van der Waals surface area (Å²) in [5.74, 6) is 1.63. The van der Waals surface area contributed by atoms with Crippen LogP contribution < -0.4 is 15.2 Å². The molecule has 1 unspecified atom stereocenters. The summed E-state index contributed by atoms with van der Waals surface area (Å²) < 4.78 is 11.5. The highest BCUT2D eigenvalue weighted by Gasteiger charge is 2.28. The van der Waals surface area contributed by atoms with E-state index in [0.29, 0.717) is 0 Å². The Labute approximate surface area is 125 Å². The van der Waals surface area contributed by atoms with Crippen molar-refractivity contribution in [2.24, 2.45) is 5.73 Å². The summed E-state index contributed by atoms with van der Waals surface area (Å²) in [6, 6.07) is 12.2. The van der Waals surface area contributed by atoms with E-state index in [1.807, 2.05) is 18.2 Å². The van der Waals surface area contributed by atoms with Gasteiger partial charge in [0.25, 0.3) is 0 Å². The van der Waals surface area contributed by atoms with Gasteiger partial charge in [0.05, 0.1) is 7.11 Å². The van der Waals surface area contributed by atoms with Gasteiger partial charge in [0.2, 0.25) is 0 Å². The average molecular weight is 283 g/mol. The minimum atomic E-state index is -0.00966. The zero-order valence-electron chi connectivity index (χ0n) is 12.7. The van der Waals surface area contributed by atoms with Gasteiger partial charge >= 0.3 is 0 Å². The highest BCUT2D eigenvalue weighted by molar-refractivity contribution is 5.45. The van der Waals surface area contributed by atoms with E-state index in [4.69, 9.17) is 15.2 Å². The van der Waals surface area contributed by atoms with Crippen molar-refractivity contribution in [2.45, 2.75) is 32.4 Å². The highest BCUT2D eigenvalue weighted by Crippen LogP contribution is 2.42. The van der Waals surface area contributed by atoms with Gasteiger partial charge in [-0.3, -0.25) is 0 Å². The molecule has 3 nitrogen and oxygen atoms in total. The van der Waals surface area contributed by atoms with Gasteiger partial charge in [0.15, 0.2) is 0 Å². The topological polar surface area (TPSA) is 44.5 Å². The van der Waals surface area contributed by atoms with E-state index in [1.54, 1.807) is 7.11 Å². The lowest BCUT2D eigenvalue weighted by molar-refractivity contribution is 0.160. The Morgan fingerprint density at radius 3 is 2.71 bits per heavy atom. The molecular formula is C18H21NO2. The Hall–Kier alpha value is -2.00. The molecule has 1 aliphatic heterocycles. The van der Waals surface area contributed by atoms with Crippen LogP contribution in [0.2, 0.25) is 0 Å². The number of hydrogen-bond acceptors (Lipinski definition) is 3. The molecule has 3 heteroatoms. The Bertz CT molecular complexity index is 666. The fourth-order valence-electron chi connectivity index (χ4n) is 2.92. The van der Waals surface area contributed by atoms with Crippen molar-refractivity contribution < 1.29 is 9.47 Å². The molecular weight excluding hydrogens is 262 g/mol. The second-order valence-electron chi connectivity index (χ2n) is 5.64. The Morgan fingerprint density at radius 2 is 1.95 bits per heavy atom. The lowest BCUT2D eigenvalue weighted by Gasteiger charge is -2.31. The van der Waals surface area contributed by atoms with E-state index < -0.39 is 0 Å². The Balaban J connectivity index is 1.99. The molecule has 1 heterocycles. The molecule has 2 aromatic rings. The third-order valence-electron chi connectivity index (χ3n) is 4.35. The molecule has 0 aliphatic carbocycles. The number of methoxy groups -OCH3 is 1. The normalized spacial score (nSPS) is 20.6. The van der Waals surface area contributed by atoms with Crippen molar-refractivity contribution in [3.05, 3.63) is 58.7 Å². The Kier molecular flexibility index (Phi) is 3.60. The van der Waals surface area contributed by atoms with Crippen LogP contribution in [0.3, 0.4) is 0 Å². The largest absolute Gasteiger partial charge is 0.497 e. The van der Waals surface area contributed by atoms with Crippen LogP contribution in [0.5, 0.6) is 11.5 Å². The van der Waals surface area contributed by atoms with Gasteiger partial charge in [0, 0.05) is 24.1 Å². The maximum absolute atomic E-state index is 6.33. The first-order valence-corrected chi connectivity index (χ1v) is 7.26. The molecule has 2 aromatic carbocycles. The van der Waals surface area contributed by atoms with Crippen molar-refractivity contribution >= 4 is 0 Å². The molecule has 0 saturated heterocycles. The summed E-state index contributed by atoms with van der Waals surface area (Å²) in [6.07, 6.45) is 0.795. The standard InChI is InChI=1S/C18H21NO2/c1-11-5-4-6-14(12(11)2)18-10-16(19)15-8-7-13(20-3)9-17(15)21-18/h4-9,16,18H,10,19H2,1-3H3/t16-,18?/m0/s1. The van der Waals surface area contributed by atoms with E-state index in [2.05, 4.69) is 32.0 Å².